The fourth-order valence-electron chi connectivity index (χ4n) is 2.33. The smallest absolute Gasteiger partial charge is 0.196 e. The van der Waals surface area contributed by atoms with Crippen LogP contribution < -0.4 is 0 Å². The van der Waals surface area contributed by atoms with Gasteiger partial charge in [-0.2, -0.15) is 0 Å². The molecule has 0 aliphatic heterocycles. The average molecular weight is 278 g/mol. The van der Waals surface area contributed by atoms with Gasteiger partial charge < -0.3 is 9.16 Å². The summed E-state index contributed by atoms with van der Waals surface area (Å²) < 4.78 is 12.6. The Labute approximate surface area is 118 Å². The lowest BCUT2D eigenvalue weighted by Crippen LogP contribution is -2.54. The molecule has 106 valence electrons. The summed E-state index contributed by atoms with van der Waals surface area (Å²) in [5.74, 6) is -0.492. The highest BCUT2D eigenvalue weighted by molar-refractivity contribution is 6.74. The van der Waals surface area contributed by atoms with Crippen LogP contribution in [-0.4, -0.2) is 14.9 Å². The van der Waals surface area contributed by atoms with Gasteiger partial charge in [-0.3, -0.25) is 0 Å². The van der Waals surface area contributed by atoms with Crippen molar-refractivity contribution >= 4 is 8.32 Å². The molecule has 0 aromatic heterocycles. The first-order valence-corrected chi connectivity index (χ1v) is 10.1. The zero-order chi connectivity index (χ0) is 14.3. The predicted octanol–water partition coefficient (Wildman–Crippen LogP) is 4.45. The van der Waals surface area contributed by atoms with Gasteiger partial charge in [-0.15, -0.1) is 0 Å². The second-order valence-electron chi connectivity index (χ2n) is 6.88. The van der Waals surface area contributed by atoms with Crippen LogP contribution in [0.5, 0.6) is 0 Å². The quantitative estimate of drug-likeness (QED) is 0.598. The van der Waals surface area contributed by atoms with Crippen LogP contribution >= 0.6 is 0 Å². The Balaban J connectivity index is 2.30. The molecule has 2 rings (SSSR count). The molecule has 0 heterocycles. The highest BCUT2D eigenvalue weighted by Gasteiger charge is 2.51. The molecule has 0 saturated heterocycles. The molecule has 1 aliphatic carbocycles. The van der Waals surface area contributed by atoms with E-state index in [1.54, 1.807) is 0 Å². The maximum absolute atomic E-state index is 6.61. The summed E-state index contributed by atoms with van der Waals surface area (Å²) in [5, 5.41) is 0.196. The molecule has 0 radical (unpaired) electrons. The Bertz CT molecular complexity index is 462. The molecule has 1 aromatic carbocycles. The van der Waals surface area contributed by atoms with Gasteiger partial charge in [0.2, 0.25) is 0 Å². The summed E-state index contributed by atoms with van der Waals surface area (Å²) in [6.07, 6.45) is 0.878. The third-order valence-corrected chi connectivity index (χ3v) is 8.91. The fourth-order valence-corrected chi connectivity index (χ4v) is 3.70. The Kier molecular flexibility index (Phi) is 3.67. The highest BCUT2D eigenvalue weighted by Crippen LogP contribution is 2.49. The zero-order valence-corrected chi connectivity index (χ0v) is 14.0. The maximum Gasteiger partial charge on any atom is 0.196 e. The minimum Gasteiger partial charge on any atom is -0.386 e. The molecule has 19 heavy (non-hydrogen) atoms. The molecular formula is C16H26O2Si. The normalized spacial score (nSPS) is 22.8. The van der Waals surface area contributed by atoms with Crippen molar-refractivity contribution in [1.29, 1.82) is 0 Å². The third-order valence-electron chi connectivity index (χ3n) is 4.45. The summed E-state index contributed by atoms with van der Waals surface area (Å²) in [5.41, 5.74) is 2.58. The van der Waals surface area contributed by atoms with E-state index in [1.807, 2.05) is 6.92 Å². The lowest BCUT2D eigenvalue weighted by atomic mass is 9.82. The lowest BCUT2D eigenvalue weighted by molar-refractivity contribution is -0.212. The van der Waals surface area contributed by atoms with Crippen LogP contribution in [0.3, 0.4) is 0 Å². The Morgan fingerprint density at radius 1 is 1.21 bits per heavy atom. The van der Waals surface area contributed by atoms with E-state index in [2.05, 4.69) is 58.1 Å². The van der Waals surface area contributed by atoms with Crippen molar-refractivity contribution in [2.24, 2.45) is 0 Å². The van der Waals surface area contributed by atoms with Gasteiger partial charge in [0.15, 0.2) is 14.1 Å². The van der Waals surface area contributed by atoms with Gasteiger partial charge in [-0.05, 0) is 30.6 Å². The summed E-state index contributed by atoms with van der Waals surface area (Å²) in [4.78, 5) is 0. The lowest BCUT2D eigenvalue weighted by Gasteiger charge is -2.50. The zero-order valence-electron chi connectivity index (χ0n) is 13.0. The van der Waals surface area contributed by atoms with E-state index < -0.39 is 14.1 Å². The molecule has 0 amide bonds. The molecule has 1 atom stereocenters. The third kappa shape index (κ3) is 2.51. The first-order valence-electron chi connectivity index (χ1n) is 7.14. The Hall–Kier alpha value is -0.643. The van der Waals surface area contributed by atoms with Gasteiger partial charge >= 0.3 is 0 Å². The summed E-state index contributed by atoms with van der Waals surface area (Å²) >= 11 is 0. The molecule has 3 heteroatoms. The predicted molar refractivity (Wildman–Crippen MR) is 81.7 cm³/mol. The van der Waals surface area contributed by atoms with Crippen molar-refractivity contribution < 1.29 is 9.16 Å². The maximum atomic E-state index is 6.61. The van der Waals surface area contributed by atoms with Crippen LogP contribution in [0.4, 0.5) is 0 Å². The second-order valence-corrected chi connectivity index (χ2v) is 11.6. The second kappa shape index (κ2) is 4.72. The minimum atomic E-state index is -1.84. The van der Waals surface area contributed by atoms with E-state index >= 15 is 0 Å². The van der Waals surface area contributed by atoms with Gasteiger partial charge in [-0.25, -0.2) is 0 Å². The summed E-state index contributed by atoms with van der Waals surface area (Å²) in [7, 11) is -1.84. The molecule has 0 bridgehead atoms. The number of ether oxygens (including phenoxy) is 1. The summed E-state index contributed by atoms with van der Waals surface area (Å²) in [6.45, 7) is 14.1. The molecule has 0 fully saturated rings. The van der Waals surface area contributed by atoms with Crippen LogP contribution in [0, 0.1) is 0 Å². The summed E-state index contributed by atoms with van der Waals surface area (Å²) in [6, 6.07) is 8.46. The number of fused-ring (bicyclic) bond motifs is 1. The highest BCUT2D eigenvalue weighted by atomic mass is 28.4. The van der Waals surface area contributed by atoms with Crippen molar-refractivity contribution in [1.82, 2.24) is 0 Å². The fraction of sp³-hybridized carbons (Fsp3) is 0.625. The van der Waals surface area contributed by atoms with E-state index in [1.165, 1.54) is 11.1 Å². The number of hydrogen-bond acceptors (Lipinski definition) is 2. The van der Waals surface area contributed by atoms with E-state index in [0.717, 1.165) is 6.42 Å². The van der Waals surface area contributed by atoms with Crippen LogP contribution in [0.2, 0.25) is 18.1 Å². The van der Waals surface area contributed by atoms with Crippen LogP contribution in [-0.2, 0) is 21.4 Å². The average Bonchev–Trinajstić information content (AvgIpc) is 2.26. The molecule has 1 unspecified atom stereocenters. The largest absolute Gasteiger partial charge is 0.386 e. The van der Waals surface area contributed by atoms with Crippen molar-refractivity contribution in [3.05, 3.63) is 35.4 Å². The standard InChI is InChI=1S/C16H26O2Si/c1-7-17-16(18-19(5,6)15(2,3)4)12-13-10-8-9-11-14(13)16/h8-11H,7,12H2,1-6H3. The minimum absolute atomic E-state index is 0.196. The van der Waals surface area contributed by atoms with Crippen molar-refractivity contribution in [3.63, 3.8) is 0 Å². The van der Waals surface area contributed by atoms with Gasteiger partial charge in [0.1, 0.15) is 0 Å². The number of benzene rings is 1. The van der Waals surface area contributed by atoms with Crippen LogP contribution in [0.1, 0.15) is 38.8 Å². The van der Waals surface area contributed by atoms with E-state index in [9.17, 15) is 0 Å². The molecule has 0 spiro atoms. The number of hydrogen-bond donors (Lipinski definition) is 0. The Morgan fingerprint density at radius 3 is 2.37 bits per heavy atom. The Morgan fingerprint density at radius 2 is 1.84 bits per heavy atom. The van der Waals surface area contributed by atoms with Gasteiger partial charge in [-0.1, -0.05) is 45.0 Å². The first-order chi connectivity index (χ1) is 8.72. The molecular weight excluding hydrogens is 252 g/mol. The van der Waals surface area contributed by atoms with E-state index in [0.29, 0.717) is 6.61 Å². The SMILES string of the molecule is CCOC1(O[Si](C)(C)C(C)(C)C)Cc2ccccc21. The van der Waals surface area contributed by atoms with E-state index in [4.69, 9.17) is 9.16 Å². The van der Waals surface area contributed by atoms with Gasteiger partial charge in [0, 0.05) is 18.6 Å². The van der Waals surface area contributed by atoms with Crippen LogP contribution in [0.15, 0.2) is 24.3 Å². The molecule has 2 nitrogen and oxygen atoms in total. The van der Waals surface area contributed by atoms with Crippen molar-refractivity contribution in [2.45, 2.75) is 58.0 Å². The monoisotopic (exact) mass is 278 g/mol. The topological polar surface area (TPSA) is 18.5 Å². The van der Waals surface area contributed by atoms with Gasteiger partial charge in [0.25, 0.3) is 0 Å². The molecule has 0 N–H and O–H groups in total. The number of rotatable bonds is 4. The molecule has 1 aliphatic rings. The first kappa shape index (κ1) is 14.8. The molecule has 0 saturated carbocycles. The van der Waals surface area contributed by atoms with Gasteiger partial charge in [0.05, 0.1) is 0 Å². The van der Waals surface area contributed by atoms with Crippen LogP contribution in [0.25, 0.3) is 0 Å². The van der Waals surface area contributed by atoms with E-state index in [-0.39, 0.29) is 5.04 Å². The van der Waals surface area contributed by atoms with Crippen molar-refractivity contribution in [2.75, 3.05) is 6.61 Å². The van der Waals surface area contributed by atoms with Crippen molar-refractivity contribution in [3.8, 4) is 0 Å². The molecule has 1 aromatic rings.